The van der Waals surface area contributed by atoms with Crippen LogP contribution in [0.5, 0.6) is 0 Å². The first kappa shape index (κ1) is 12.3. The number of aromatic nitrogens is 1. The molecule has 0 saturated heterocycles. The summed E-state index contributed by atoms with van der Waals surface area (Å²) in [5.74, 6) is 0.338. The lowest BCUT2D eigenvalue weighted by molar-refractivity contribution is 0.602. The lowest BCUT2D eigenvalue weighted by Gasteiger charge is -2.06. The minimum Gasteiger partial charge on any atom is -0.397 e. The molecule has 1 aromatic heterocycles. The molecule has 6 nitrogen and oxygen atoms in total. The molecule has 16 heavy (non-hydrogen) atoms. The maximum Gasteiger partial charge on any atom is 0.149 e. The molecule has 0 spiro atoms. The Bertz CT molecular complexity index is 519. The zero-order valence-corrected chi connectivity index (χ0v) is 9.58. The van der Waals surface area contributed by atoms with Crippen molar-refractivity contribution in [3.8, 4) is 6.07 Å². The van der Waals surface area contributed by atoms with Crippen LogP contribution in [0.25, 0.3) is 0 Å². The maximum absolute atomic E-state index is 10.9. The van der Waals surface area contributed by atoms with Crippen molar-refractivity contribution in [2.75, 3.05) is 29.6 Å². The van der Waals surface area contributed by atoms with Crippen molar-refractivity contribution in [3.05, 3.63) is 17.8 Å². The molecule has 0 aromatic carbocycles. The molecular formula is C9H12N4O2S. The number of nitrogens with two attached hydrogens (primary N) is 1. The Morgan fingerprint density at radius 3 is 2.88 bits per heavy atom. The van der Waals surface area contributed by atoms with Crippen LogP contribution in [-0.4, -0.2) is 32.0 Å². The number of sulfone groups is 1. The summed E-state index contributed by atoms with van der Waals surface area (Å²) >= 11 is 0. The van der Waals surface area contributed by atoms with Crippen LogP contribution in [0.3, 0.4) is 0 Å². The van der Waals surface area contributed by atoms with Crippen LogP contribution >= 0.6 is 0 Å². The number of nitrogens with one attached hydrogen (secondary N) is 1. The minimum atomic E-state index is -3.02. The lowest BCUT2D eigenvalue weighted by atomic mass is 10.2. The molecule has 0 aliphatic heterocycles. The second kappa shape index (κ2) is 4.81. The fraction of sp³-hybridized carbons (Fsp3) is 0.333. The van der Waals surface area contributed by atoms with Gasteiger partial charge in [0.25, 0.3) is 0 Å². The van der Waals surface area contributed by atoms with Crippen LogP contribution in [0, 0.1) is 11.3 Å². The molecule has 3 N–H and O–H groups in total. The Morgan fingerprint density at radius 1 is 1.62 bits per heavy atom. The van der Waals surface area contributed by atoms with E-state index in [2.05, 4.69) is 10.3 Å². The second-order valence-corrected chi connectivity index (χ2v) is 5.59. The van der Waals surface area contributed by atoms with Crippen LogP contribution in [0.2, 0.25) is 0 Å². The molecule has 0 radical (unpaired) electrons. The summed E-state index contributed by atoms with van der Waals surface area (Å²) in [7, 11) is -3.02. The summed E-state index contributed by atoms with van der Waals surface area (Å²) in [6.45, 7) is 0.213. The van der Waals surface area contributed by atoms with Crippen molar-refractivity contribution >= 4 is 21.3 Å². The van der Waals surface area contributed by atoms with Gasteiger partial charge in [-0.3, -0.25) is 0 Å². The Morgan fingerprint density at radius 2 is 2.31 bits per heavy atom. The summed E-state index contributed by atoms with van der Waals surface area (Å²) in [5, 5.41) is 11.6. The molecule has 0 aliphatic carbocycles. The van der Waals surface area contributed by atoms with E-state index in [1.807, 2.05) is 6.07 Å². The van der Waals surface area contributed by atoms with Gasteiger partial charge in [0.05, 0.1) is 23.2 Å². The molecule has 1 rings (SSSR count). The van der Waals surface area contributed by atoms with Gasteiger partial charge in [0.1, 0.15) is 21.7 Å². The molecule has 0 aliphatic rings. The van der Waals surface area contributed by atoms with Gasteiger partial charge in [0, 0.05) is 12.8 Å². The van der Waals surface area contributed by atoms with Crippen LogP contribution < -0.4 is 11.1 Å². The molecule has 0 fully saturated rings. The number of hydrogen-bond acceptors (Lipinski definition) is 6. The third-order valence-electron chi connectivity index (χ3n) is 1.79. The molecule has 0 atom stereocenters. The normalized spacial score (nSPS) is 10.8. The predicted molar refractivity (Wildman–Crippen MR) is 61.6 cm³/mol. The van der Waals surface area contributed by atoms with E-state index in [0.717, 1.165) is 6.26 Å². The lowest BCUT2D eigenvalue weighted by Crippen LogP contribution is -2.15. The summed E-state index contributed by atoms with van der Waals surface area (Å²) in [5.41, 5.74) is 6.16. The highest BCUT2D eigenvalue weighted by molar-refractivity contribution is 7.90. The molecule has 7 heteroatoms. The topological polar surface area (TPSA) is 109 Å². The third-order valence-corrected chi connectivity index (χ3v) is 2.74. The highest BCUT2D eigenvalue weighted by Gasteiger charge is 2.05. The van der Waals surface area contributed by atoms with E-state index < -0.39 is 9.84 Å². The molecular weight excluding hydrogens is 228 g/mol. The van der Waals surface area contributed by atoms with E-state index in [4.69, 9.17) is 11.0 Å². The predicted octanol–water partition coefficient (Wildman–Crippen LogP) is -0.00802. The van der Waals surface area contributed by atoms with Crippen molar-refractivity contribution < 1.29 is 8.42 Å². The number of nitrogen functional groups attached to an aromatic ring is 1. The number of nitrogens with zero attached hydrogens (tertiary/aromatic N) is 2. The smallest absolute Gasteiger partial charge is 0.149 e. The van der Waals surface area contributed by atoms with Gasteiger partial charge in [-0.2, -0.15) is 5.26 Å². The Kier molecular flexibility index (Phi) is 3.68. The molecule has 1 aromatic rings. The van der Waals surface area contributed by atoms with E-state index in [1.54, 1.807) is 0 Å². The highest BCUT2D eigenvalue weighted by atomic mass is 32.2. The van der Waals surface area contributed by atoms with Crippen molar-refractivity contribution in [3.63, 3.8) is 0 Å². The molecule has 0 unspecified atom stereocenters. The average molecular weight is 240 g/mol. The number of hydrogen-bond donors (Lipinski definition) is 2. The van der Waals surface area contributed by atoms with Crippen LogP contribution in [0.1, 0.15) is 5.56 Å². The van der Waals surface area contributed by atoms with Crippen LogP contribution in [0.4, 0.5) is 11.5 Å². The summed E-state index contributed by atoms with van der Waals surface area (Å²) in [4.78, 5) is 3.92. The molecule has 0 bridgehead atoms. The number of anilines is 2. The minimum absolute atomic E-state index is 0.01000. The highest BCUT2D eigenvalue weighted by Crippen LogP contribution is 2.13. The Balaban J connectivity index is 2.72. The zero-order chi connectivity index (χ0) is 12.2. The van der Waals surface area contributed by atoms with Gasteiger partial charge in [0.2, 0.25) is 0 Å². The first-order valence-electron chi connectivity index (χ1n) is 4.49. The maximum atomic E-state index is 10.9. The van der Waals surface area contributed by atoms with E-state index in [0.29, 0.717) is 17.1 Å². The summed E-state index contributed by atoms with van der Waals surface area (Å²) in [6.07, 6.45) is 2.56. The van der Waals surface area contributed by atoms with Gasteiger partial charge in [0.15, 0.2) is 0 Å². The fourth-order valence-electron chi connectivity index (χ4n) is 1.06. The van der Waals surface area contributed by atoms with Crippen molar-refractivity contribution in [2.45, 2.75) is 0 Å². The first-order valence-corrected chi connectivity index (χ1v) is 6.55. The second-order valence-electron chi connectivity index (χ2n) is 3.33. The quantitative estimate of drug-likeness (QED) is 0.766. The van der Waals surface area contributed by atoms with E-state index in [1.165, 1.54) is 12.3 Å². The number of pyridine rings is 1. The summed E-state index contributed by atoms with van der Waals surface area (Å²) < 4.78 is 21.8. The Hall–Kier alpha value is -1.81. The Labute approximate surface area is 94.0 Å². The van der Waals surface area contributed by atoms with E-state index in [9.17, 15) is 8.42 Å². The molecule has 86 valence electrons. The standard InChI is InChI=1S/C9H12N4O2S/c1-16(14,15)3-2-12-9-7(5-10)4-8(11)6-13-9/h4,6H,2-3,11H2,1H3,(H,12,13). The third kappa shape index (κ3) is 3.74. The fourth-order valence-corrected chi connectivity index (χ4v) is 1.53. The van der Waals surface area contributed by atoms with Gasteiger partial charge in [-0.1, -0.05) is 0 Å². The van der Waals surface area contributed by atoms with Gasteiger partial charge in [-0.25, -0.2) is 13.4 Å². The zero-order valence-electron chi connectivity index (χ0n) is 8.77. The molecule has 1 heterocycles. The van der Waals surface area contributed by atoms with Gasteiger partial charge < -0.3 is 11.1 Å². The van der Waals surface area contributed by atoms with Gasteiger partial charge in [-0.15, -0.1) is 0 Å². The first-order chi connectivity index (χ1) is 7.42. The van der Waals surface area contributed by atoms with Gasteiger partial charge >= 0.3 is 0 Å². The largest absolute Gasteiger partial charge is 0.397 e. The van der Waals surface area contributed by atoms with Gasteiger partial charge in [-0.05, 0) is 6.07 Å². The monoisotopic (exact) mass is 240 g/mol. The number of nitriles is 1. The van der Waals surface area contributed by atoms with E-state index >= 15 is 0 Å². The van der Waals surface area contributed by atoms with Crippen molar-refractivity contribution in [1.82, 2.24) is 4.98 Å². The van der Waals surface area contributed by atoms with Crippen molar-refractivity contribution in [2.24, 2.45) is 0 Å². The number of rotatable bonds is 4. The molecule has 0 saturated carbocycles. The van der Waals surface area contributed by atoms with Crippen LogP contribution in [-0.2, 0) is 9.84 Å². The average Bonchev–Trinajstić information content (AvgIpc) is 2.18. The molecule has 0 amide bonds. The van der Waals surface area contributed by atoms with Crippen LogP contribution in [0.15, 0.2) is 12.3 Å². The van der Waals surface area contributed by atoms with Crippen molar-refractivity contribution in [1.29, 1.82) is 5.26 Å². The SMILES string of the molecule is CS(=O)(=O)CCNc1ncc(N)cc1C#N. The summed E-state index contributed by atoms with van der Waals surface area (Å²) in [6, 6.07) is 3.41. The van der Waals surface area contributed by atoms with E-state index in [-0.39, 0.29) is 12.3 Å².